The molecule has 2 amide bonds. The first kappa shape index (κ1) is 16.4. The van der Waals surface area contributed by atoms with Crippen molar-refractivity contribution >= 4 is 17.8 Å². The van der Waals surface area contributed by atoms with Gasteiger partial charge in [0.1, 0.15) is 5.92 Å². The van der Waals surface area contributed by atoms with Gasteiger partial charge in [0.25, 0.3) is 0 Å². The Morgan fingerprint density at radius 3 is 1.89 bits per heavy atom. The van der Waals surface area contributed by atoms with Crippen LogP contribution in [-0.2, 0) is 14.4 Å². The third kappa shape index (κ3) is 4.35. The number of aliphatic carboxylic acids is 1. The zero-order chi connectivity index (χ0) is 14.7. The van der Waals surface area contributed by atoms with Crippen LogP contribution >= 0.6 is 0 Å². The summed E-state index contributed by atoms with van der Waals surface area (Å²) in [5, 5.41) is 11.5. The van der Waals surface area contributed by atoms with E-state index < -0.39 is 34.5 Å². The number of carbonyl (C=O) groups excluding carboxylic acids is 2. The number of carboxylic acid groups (broad SMARTS) is 1. The Bertz CT molecular complexity index is 356. The number of carboxylic acids is 1. The SMILES string of the molecule is CC(C)(CNC(=O)C(C(=O)O)C(C)(C)C)C(N)=O. The third-order valence-corrected chi connectivity index (χ3v) is 2.75. The Hall–Kier alpha value is -1.59. The molecule has 0 saturated heterocycles. The van der Waals surface area contributed by atoms with Gasteiger partial charge >= 0.3 is 5.97 Å². The van der Waals surface area contributed by atoms with Gasteiger partial charge in [-0.05, 0) is 19.3 Å². The van der Waals surface area contributed by atoms with Crippen LogP contribution in [0.4, 0.5) is 0 Å². The fourth-order valence-corrected chi connectivity index (χ4v) is 1.37. The van der Waals surface area contributed by atoms with E-state index in [4.69, 9.17) is 10.8 Å². The minimum atomic E-state index is -1.18. The molecule has 0 aromatic rings. The summed E-state index contributed by atoms with van der Waals surface area (Å²) in [7, 11) is 0. The fourth-order valence-electron chi connectivity index (χ4n) is 1.37. The first-order valence-corrected chi connectivity index (χ1v) is 5.70. The number of rotatable bonds is 5. The van der Waals surface area contributed by atoms with Crippen molar-refractivity contribution in [1.29, 1.82) is 0 Å². The van der Waals surface area contributed by atoms with Crippen molar-refractivity contribution in [1.82, 2.24) is 5.32 Å². The van der Waals surface area contributed by atoms with E-state index in [1.54, 1.807) is 34.6 Å². The molecule has 0 aliphatic carbocycles. The van der Waals surface area contributed by atoms with Gasteiger partial charge in [-0.25, -0.2) is 0 Å². The normalized spacial score (nSPS) is 13.8. The van der Waals surface area contributed by atoms with E-state index in [0.29, 0.717) is 0 Å². The summed E-state index contributed by atoms with van der Waals surface area (Å²) in [5.41, 5.74) is 3.56. The van der Waals surface area contributed by atoms with Gasteiger partial charge in [0, 0.05) is 6.54 Å². The molecule has 4 N–H and O–H groups in total. The minimum Gasteiger partial charge on any atom is -0.481 e. The number of hydrogen-bond acceptors (Lipinski definition) is 3. The standard InChI is InChI=1S/C12H22N2O4/c1-11(2,3)7(9(16)17)8(15)14-6-12(4,5)10(13)18/h7H,6H2,1-5H3,(H2,13,18)(H,14,15)(H,16,17). The first-order valence-electron chi connectivity index (χ1n) is 5.70. The summed E-state index contributed by atoms with van der Waals surface area (Å²) in [6.45, 7) is 8.20. The quantitative estimate of drug-likeness (QED) is 0.618. The molecule has 0 aliphatic rings. The van der Waals surface area contributed by atoms with Crippen molar-refractivity contribution < 1.29 is 19.5 Å². The summed E-state index contributed by atoms with van der Waals surface area (Å²) >= 11 is 0. The lowest BCUT2D eigenvalue weighted by atomic mass is 9.80. The summed E-state index contributed by atoms with van der Waals surface area (Å²) in [6.07, 6.45) is 0. The Morgan fingerprint density at radius 1 is 1.17 bits per heavy atom. The van der Waals surface area contributed by atoms with Gasteiger partial charge in [0.2, 0.25) is 11.8 Å². The largest absolute Gasteiger partial charge is 0.481 e. The summed E-state index contributed by atoms with van der Waals surface area (Å²) < 4.78 is 0. The van der Waals surface area contributed by atoms with Crippen LogP contribution in [0.5, 0.6) is 0 Å². The molecule has 0 spiro atoms. The van der Waals surface area contributed by atoms with Gasteiger partial charge in [-0.1, -0.05) is 20.8 Å². The van der Waals surface area contributed by atoms with Crippen molar-refractivity contribution in [2.24, 2.45) is 22.5 Å². The van der Waals surface area contributed by atoms with E-state index in [0.717, 1.165) is 0 Å². The number of amides is 2. The van der Waals surface area contributed by atoms with Crippen LogP contribution in [0.15, 0.2) is 0 Å². The topological polar surface area (TPSA) is 109 Å². The van der Waals surface area contributed by atoms with Gasteiger partial charge < -0.3 is 16.2 Å². The summed E-state index contributed by atoms with van der Waals surface area (Å²) in [6, 6.07) is 0. The lowest BCUT2D eigenvalue weighted by Gasteiger charge is -2.28. The van der Waals surface area contributed by atoms with Crippen LogP contribution in [0, 0.1) is 16.7 Å². The second kappa shape index (κ2) is 5.37. The molecule has 0 aromatic carbocycles. The Balaban J connectivity index is 4.76. The predicted molar refractivity (Wildman–Crippen MR) is 66.6 cm³/mol. The average Bonchev–Trinajstić information content (AvgIpc) is 2.11. The van der Waals surface area contributed by atoms with E-state index in [9.17, 15) is 14.4 Å². The van der Waals surface area contributed by atoms with Crippen LogP contribution in [0.25, 0.3) is 0 Å². The lowest BCUT2D eigenvalue weighted by Crippen LogP contribution is -2.48. The maximum absolute atomic E-state index is 11.9. The second-order valence-electron chi connectivity index (χ2n) is 6.10. The highest BCUT2D eigenvalue weighted by atomic mass is 16.4. The van der Waals surface area contributed by atoms with Gasteiger partial charge in [0.05, 0.1) is 5.41 Å². The number of primary amides is 1. The van der Waals surface area contributed by atoms with Crippen molar-refractivity contribution in [2.45, 2.75) is 34.6 Å². The van der Waals surface area contributed by atoms with E-state index in [2.05, 4.69) is 5.32 Å². The van der Waals surface area contributed by atoms with Crippen LogP contribution in [0.3, 0.4) is 0 Å². The molecule has 1 atom stereocenters. The number of hydrogen-bond donors (Lipinski definition) is 3. The van der Waals surface area contributed by atoms with Crippen LogP contribution in [-0.4, -0.2) is 29.4 Å². The van der Waals surface area contributed by atoms with Gasteiger partial charge in [-0.3, -0.25) is 14.4 Å². The van der Waals surface area contributed by atoms with Gasteiger partial charge in [-0.2, -0.15) is 0 Å². The monoisotopic (exact) mass is 258 g/mol. The Labute approximate surface area is 107 Å². The summed E-state index contributed by atoms with van der Waals surface area (Å²) in [4.78, 5) is 34.0. The van der Waals surface area contributed by atoms with Gasteiger partial charge in [-0.15, -0.1) is 0 Å². The van der Waals surface area contributed by atoms with Crippen LogP contribution in [0.1, 0.15) is 34.6 Å². The zero-order valence-corrected chi connectivity index (χ0v) is 11.5. The summed E-state index contributed by atoms with van der Waals surface area (Å²) in [5.74, 6) is -3.51. The number of nitrogens with two attached hydrogens (primary N) is 1. The molecule has 0 aromatic heterocycles. The smallest absolute Gasteiger partial charge is 0.316 e. The highest BCUT2D eigenvalue weighted by Gasteiger charge is 2.38. The molecule has 18 heavy (non-hydrogen) atoms. The highest BCUT2D eigenvalue weighted by Crippen LogP contribution is 2.26. The molecular formula is C12H22N2O4. The number of carbonyl (C=O) groups is 3. The molecule has 6 heteroatoms. The maximum Gasteiger partial charge on any atom is 0.316 e. The lowest BCUT2D eigenvalue weighted by molar-refractivity contribution is -0.151. The van der Waals surface area contributed by atoms with E-state index >= 15 is 0 Å². The Morgan fingerprint density at radius 2 is 1.61 bits per heavy atom. The fraction of sp³-hybridized carbons (Fsp3) is 0.750. The molecule has 0 bridgehead atoms. The second-order valence-corrected chi connectivity index (χ2v) is 6.10. The van der Waals surface area contributed by atoms with Gasteiger partial charge in [0.15, 0.2) is 0 Å². The molecule has 0 rings (SSSR count). The first-order chi connectivity index (χ1) is 7.89. The average molecular weight is 258 g/mol. The van der Waals surface area contributed by atoms with Crippen LogP contribution < -0.4 is 11.1 Å². The molecule has 0 radical (unpaired) electrons. The molecule has 1 unspecified atom stereocenters. The van der Waals surface area contributed by atoms with Crippen molar-refractivity contribution in [3.63, 3.8) is 0 Å². The molecule has 0 heterocycles. The molecule has 6 nitrogen and oxygen atoms in total. The minimum absolute atomic E-state index is 0.0149. The van der Waals surface area contributed by atoms with Crippen LogP contribution in [0.2, 0.25) is 0 Å². The molecule has 0 saturated carbocycles. The molecule has 0 aliphatic heterocycles. The molecule has 0 fully saturated rings. The molecular weight excluding hydrogens is 236 g/mol. The van der Waals surface area contributed by atoms with Crippen molar-refractivity contribution in [3.05, 3.63) is 0 Å². The zero-order valence-electron chi connectivity index (χ0n) is 11.5. The van der Waals surface area contributed by atoms with E-state index in [-0.39, 0.29) is 6.54 Å². The predicted octanol–water partition coefficient (Wildman–Crippen LogP) is 0.361. The maximum atomic E-state index is 11.9. The van der Waals surface area contributed by atoms with E-state index in [1.807, 2.05) is 0 Å². The van der Waals surface area contributed by atoms with Crippen molar-refractivity contribution in [2.75, 3.05) is 6.54 Å². The number of nitrogens with one attached hydrogen (secondary N) is 1. The highest BCUT2D eigenvalue weighted by molar-refractivity contribution is 5.98. The van der Waals surface area contributed by atoms with Crippen molar-refractivity contribution in [3.8, 4) is 0 Å². The Kier molecular flexibility index (Phi) is 4.90. The third-order valence-electron chi connectivity index (χ3n) is 2.75. The molecule has 104 valence electrons. The van der Waals surface area contributed by atoms with E-state index in [1.165, 1.54) is 0 Å².